The van der Waals surface area contributed by atoms with Crippen molar-refractivity contribution < 1.29 is 4.79 Å². The van der Waals surface area contributed by atoms with Crippen molar-refractivity contribution in [2.45, 2.75) is 13.5 Å². The third-order valence-corrected chi connectivity index (χ3v) is 2.62. The number of carbonyl (C=O) groups excluding carboxylic acids is 1. The molecule has 5 nitrogen and oxygen atoms in total. The van der Waals surface area contributed by atoms with Gasteiger partial charge in [-0.05, 0) is 19.1 Å². The van der Waals surface area contributed by atoms with Crippen LogP contribution in [-0.2, 0) is 6.54 Å². The summed E-state index contributed by atoms with van der Waals surface area (Å²) in [5.41, 5.74) is 2.93. The molecule has 1 heterocycles. The predicted octanol–water partition coefficient (Wildman–Crippen LogP) is 2.38. The molecule has 0 atom stereocenters. The molecule has 94 valence electrons. The van der Waals surface area contributed by atoms with Crippen LogP contribution in [0.15, 0.2) is 36.7 Å². The summed E-state index contributed by atoms with van der Waals surface area (Å²) in [5.74, 6) is 0. The molecule has 0 aliphatic heterocycles. The Kier molecular flexibility index (Phi) is 3.62. The molecule has 0 aliphatic carbocycles. The molecule has 2 aromatic rings. The van der Waals surface area contributed by atoms with Gasteiger partial charge in [-0.25, -0.2) is 4.79 Å². The number of hydrogen-bond donors (Lipinski definition) is 2. The van der Waals surface area contributed by atoms with E-state index in [1.54, 1.807) is 24.3 Å². The minimum Gasteiger partial charge on any atom is -0.323 e. The summed E-state index contributed by atoms with van der Waals surface area (Å²) in [5, 5.41) is 9.40. The molecule has 0 saturated heterocycles. The molecule has 0 saturated carbocycles. The number of nitrogens with one attached hydrogen (secondary N) is 2. The smallest absolute Gasteiger partial charge is 0.321 e. The van der Waals surface area contributed by atoms with E-state index < -0.39 is 0 Å². The maximum atomic E-state index is 11.9. The van der Waals surface area contributed by atoms with Crippen molar-refractivity contribution in [2.24, 2.45) is 0 Å². The lowest BCUT2D eigenvalue weighted by Crippen LogP contribution is -2.30. The zero-order valence-corrected chi connectivity index (χ0v) is 10.5. The fourth-order valence-electron chi connectivity index (χ4n) is 1.57. The van der Waals surface area contributed by atoms with Crippen molar-refractivity contribution in [1.82, 2.24) is 15.1 Å². The Bertz CT molecular complexity index is 504. The molecule has 2 N–H and O–H groups in total. The highest BCUT2D eigenvalue weighted by Gasteiger charge is 2.09. The van der Waals surface area contributed by atoms with E-state index in [0.717, 1.165) is 11.3 Å². The number of aryl methyl sites for hydroxylation is 1. The fourth-order valence-corrected chi connectivity index (χ4v) is 1.57. The average molecular weight is 244 g/mol. The number of rotatable bonds is 3. The highest BCUT2D eigenvalue weighted by molar-refractivity contribution is 5.89. The van der Waals surface area contributed by atoms with Gasteiger partial charge in [0.25, 0.3) is 0 Å². The maximum absolute atomic E-state index is 11.9. The van der Waals surface area contributed by atoms with Crippen LogP contribution in [0.25, 0.3) is 0 Å². The van der Waals surface area contributed by atoms with E-state index in [-0.39, 0.29) is 6.03 Å². The van der Waals surface area contributed by atoms with Gasteiger partial charge in [0.2, 0.25) is 0 Å². The Balaban J connectivity index is 1.93. The molecular weight excluding hydrogens is 228 g/mol. The van der Waals surface area contributed by atoms with Gasteiger partial charge in [-0.2, -0.15) is 5.10 Å². The van der Waals surface area contributed by atoms with Gasteiger partial charge in [-0.3, -0.25) is 5.10 Å². The number of anilines is 1. The lowest BCUT2D eigenvalue weighted by atomic mass is 10.2. The number of H-pyrrole nitrogens is 1. The first-order valence-corrected chi connectivity index (χ1v) is 5.71. The second kappa shape index (κ2) is 5.35. The van der Waals surface area contributed by atoms with Crippen molar-refractivity contribution in [2.75, 3.05) is 12.4 Å². The number of amides is 2. The molecule has 0 radical (unpaired) electrons. The minimum atomic E-state index is -0.139. The van der Waals surface area contributed by atoms with Crippen LogP contribution in [0.3, 0.4) is 0 Å². The van der Waals surface area contributed by atoms with Crippen LogP contribution in [0.1, 0.15) is 11.1 Å². The summed E-state index contributed by atoms with van der Waals surface area (Å²) in [4.78, 5) is 13.5. The summed E-state index contributed by atoms with van der Waals surface area (Å²) < 4.78 is 0. The van der Waals surface area contributed by atoms with E-state index in [9.17, 15) is 4.79 Å². The van der Waals surface area contributed by atoms with Gasteiger partial charge in [-0.15, -0.1) is 0 Å². The van der Waals surface area contributed by atoms with Crippen molar-refractivity contribution in [3.8, 4) is 0 Å². The highest BCUT2D eigenvalue weighted by Crippen LogP contribution is 2.10. The van der Waals surface area contributed by atoms with E-state index in [2.05, 4.69) is 15.5 Å². The van der Waals surface area contributed by atoms with Crippen molar-refractivity contribution in [1.29, 1.82) is 0 Å². The van der Waals surface area contributed by atoms with Crippen LogP contribution < -0.4 is 5.32 Å². The molecule has 0 bridgehead atoms. The topological polar surface area (TPSA) is 61.0 Å². The number of hydrogen-bond acceptors (Lipinski definition) is 2. The lowest BCUT2D eigenvalue weighted by Gasteiger charge is -2.17. The maximum Gasteiger partial charge on any atom is 0.321 e. The monoisotopic (exact) mass is 244 g/mol. The van der Waals surface area contributed by atoms with Crippen molar-refractivity contribution in [3.05, 3.63) is 47.8 Å². The van der Waals surface area contributed by atoms with E-state index in [4.69, 9.17) is 0 Å². The molecule has 1 aromatic carbocycles. The zero-order chi connectivity index (χ0) is 13.0. The first-order chi connectivity index (χ1) is 8.65. The zero-order valence-electron chi connectivity index (χ0n) is 10.5. The van der Waals surface area contributed by atoms with Crippen LogP contribution in [0.2, 0.25) is 0 Å². The van der Waals surface area contributed by atoms with E-state index >= 15 is 0 Å². The van der Waals surface area contributed by atoms with Gasteiger partial charge >= 0.3 is 6.03 Å². The van der Waals surface area contributed by atoms with Crippen LogP contribution in [-0.4, -0.2) is 28.2 Å². The van der Waals surface area contributed by atoms with E-state index in [1.807, 2.05) is 31.2 Å². The molecular formula is C13H16N4O. The molecule has 0 unspecified atom stereocenters. The predicted molar refractivity (Wildman–Crippen MR) is 70.3 cm³/mol. The Morgan fingerprint density at radius 1 is 1.39 bits per heavy atom. The van der Waals surface area contributed by atoms with Crippen LogP contribution in [0.4, 0.5) is 10.5 Å². The first-order valence-electron chi connectivity index (χ1n) is 5.71. The number of aromatic nitrogens is 2. The second-order valence-corrected chi connectivity index (χ2v) is 4.26. The number of aromatic amines is 1. The standard InChI is InChI=1S/C13H16N4O/c1-10-3-5-12(6-4-10)16-13(18)17(2)9-11-7-14-15-8-11/h3-8H,9H2,1-2H3,(H,14,15)(H,16,18). The quantitative estimate of drug-likeness (QED) is 0.870. The average Bonchev–Trinajstić information content (AvgIpc) is 2.85. The molecule has 5 heteroatoms. The molecule has 2 amide bonds. The normalized spacial score (nSPS) is 10.1. The summed E-state index contributed by atoms with van der Waals surface area (Å²) in [6.07, 6.45) is 3.48. The molecule has 18 heavy (non-hydrogen) atoms. The molecule has 0 fully saturated rings. The van der Waals surface area contributed by atoms with Crippen LogP contribution in [0.5, 0.6) is 0 Å². The Labute approximate surface area is 106 Å². The number of benzene rings is 1. The number of carbonyl (C=O) groups is 1. The largest absolute Gasteiger partial charge is 0.323 e. The molecule has 0 spiro atoms. The molecule has 0 aliphatic rings. The van der Waals surface area contributed by atoms with Crippen LogP contribution in [0, 0.1) is 6.92 Å². The lowest BCUT2D eigenvalue weighted by molar-refractivity contribution is 0.220. The number of urea groups is 1. The van der Waals surface area contributed by atoms with Crippen molar-refractivity contribution in [3.63, 3.8) is 0 Å². The highest BCUT2D eigenvalue weighted by atomic mass is 16.2. The minimum absolute atomic E-state index is 0.139. The summed E-state index contributed by atoms with van der Waals surface area (Å²) >= 11 is 0. The third kappa shape index (κ3) is 3.10. The third-order valence-electron chi connectivity index (χ3n) is 2.62. The van der Waals surface area contributed by atoms with Crippen molar-refractivity contribution >= 4 is 11.7 Å². The summed E-state index contributed by atoms with van der Waals surface area (Å²) in [6, 6.07) is 7.56. The van der Waals surface area contributed by atoms with Gasteiger partial charge in [0.15, 0.2) is 0 Å². The van der Waals surface area contributed by atoms with Gasteiger partial charge in [0.1, 0.15) is 0 Å². The van der Waals surface area contributed by atoms with E-state index in [1.165, 1.54) is 5.56 Å². The number of nitrogens with zero attached hydrogens (tertiary/aromatic N) is 2. The molecule has 1 aromatic heterocycles. The Hall–Kier alpha value is -2.30. The van der Waals surface area contributed by atoms with E-state index in [0.29, 0.717) is 6.54 Å². The SMILES string of the molecule is Cc1ccc(NC(=O)N(C)Cc2cn[nH]c2)cc1. The first kappa shape index (κ1) is 12.2. The van der Waals surface area contributed by atoms with Gasteiger partial charge in [-0.1, -0.05) is 17.7 Å². The van der Waals surface area contributed by atoms with Gasteiger partial charge in [0, 0.05) is 24.5 Å². The van der Waals surface area contributed by atoms with Gasteiger partial charge < -0.3 is 10.2 Å². The van der Waals surface area contributed by atoms with Gasteiger partial charge in [0.05, 0.1) is 12.7 Å². The Morgan fingerprint density at radius 2 is 2.11 bits per heavy atom. The second-order valence-electron chi connectivity index (χ2n) is 4.26. The van der Waals surface area contributed by atoms with Crippen LogP contribution >= 0.6 is 0 Å². The Morgan fingerprint density at radius 3 is 2.72 bits per heavy atom. The fraction of sp³-hybridized carbons (Fsp3) is 0.231. The molecule has 2 rings (SSSR count). The summed E-state index contributed by atoms with van der Waals surface area (Å²) in [7, 11) is 1.75. The summed E-state index contributed by atoms with van der Waals surface area (Å²) in [6.45, 7) is 2.53.